The lowest BCUT2D eigenvalue weighted by Gasteiger charge is -2.50. The van der Waals surface area contributed by atoms with Crippen molar-refractivity contribution in [2.75, 3.05) is 13.7 Å². The summed E-state index contributed by atoms with van der Waals surface area (Å²) in [5.74, 6) is -0.911. The number of aliphatic hydroxyl groups excluding tert-OH is 1. The Hall–Kier alpha value is -1.43. The zero-order valence-electron chi connectivity index (χ0n) is 15.2. The molecule has 25 heavy (non-hydrogen) atoms. The molecule has 5 heteroatoms. The largest absolute Gasteiger partial charge is 0.461 e. The van der Waals surface area contributed by atoms with Gasteiger partial charge in [-0.05, 0) is 19.4 Å². The van der Waals surface area contributed by atoms with Crippen LogP contribution in [0.25, 0.3) is 0 Å². The molecular weight excluding hydrogens is 318 g/mol. The first-order chi connectivity index (χ1) is 12.0. The summed E-state index contributed by atoms with van der Waals surface area (Å²) in [7, 11) is 2.33. The van der Waals surface area contributed by atoms with E-state index < -0.39 is 5.92 Å². The number of nitrogens with zero attached hydrogens (tertiary/aromatic N) is 1. The zero-order chi connectivity index (χ0) is 17.8. The van der Waals surface area contributed by atoms with Gasteiger partial charge < -0.3 is 19.1 Å². The second-order valence-electron chi connectivity index (χ2n) is 8.19. The Labute approximate surface area is 149 Å². The van der Waals surface area contributed by atoms with Gasteiger partial charge in [-0.2, -0.15) is 0 Å². The predicted octanol–water partition coefficient (Wildman–Crippen LogP) is 1.84. The summed E-state index contributed by atoms with van der Waals surface area (Å²) in [5, 5.41) is 9.68. The van der Waals surface area contributed by atoms with Gasteiger partial charge in [0.25, 0.3) is 0 Å². The van der Waals surface area contributed by atoms with Gasteiger partial charge in [-0.25, -0.2) is 0 Å². The molecule has 5 unspecified atom stereocenters. The molecule has 0 radical (unpaired) electrons. The first-order valence-corrected chi connectivity index (χ1v) is 9.34. The summed E-state index contributed by atoms with van der Waals surface area (Å²) >= 11 is 0. The fourth-order valence-electron chi connectivity index (χ4n) is 5.10. The summed E-state index contributed by atoms with van der Waals surface area (Å²) in [6.07, 6.45) is 2.31. The highest BCUT2D eigenvalue weighted by molar-refractivity contribution is 5.78. The molecule has 0 saturated carbocycles. The van der Waals surface area contributed by atoms with Gasteiger partial charge in [0.05, 0.1) is 19.7 Å². The number of likely N-dealkylation sites (N-methyl/N-ethyl adjacent to an activating group) is 1. The number of ether oxygens (including phenoxy) is 2. The number of carbonyl (C=O) groups is 1. The Morgan fingerprint density at radius 3 is 2.36 bits per heavy atom. The lowest BCUT2D eigenvalue weighted by Crippen LogP contribution is -2.65. The van der Waals surface area contributed by atoms with Gasteiger partial charge in [0.15, 0.2) is 0 Å². The van der Waals surface area contributed by atoms with Gasteiger partial charge in [-0.1, -0.05) is 30.3 Å². The molecule has 3 aliphatic heterocycles. The fourth-order valence-corrected chi connectivity index (χ4v) is 5.10. The fraction of sp³-hybridized carbons (Fsp3) is 0.650. The Kier molecular flexibility index (Phi) is 4.13. The molecule has 1 N–H and O–H groups in total. The third kappa shape index (κ3) is 2.60. The van der Waals surface area contributed by atoms with Crippen LogP contribution < -0.4 is 0 Å². The highest BCUT2D eigenvalue weighted by Gasteiger charge is 2.72. The lowest BCUT2D eigenvalue weighted by molar-refractivity contribution is -0.974. The molecule has 0 aliphatic carbocycles. The molecule has 5 atom stereocenters. The second kappa shape index (κ2) is 6.08. The van der Waals surface area contributed by atoms with Crippen LogP contribution >= 0.6 is 0 Å². The number of fused-ring (bicyclic) bond motifs is 5. The average Bonchev–Trinajstić information content (AvgIpc) is 3.35. The van der Waals surface area contributed by atoms with Crippen LogP contribution in [0.1, 0.15) is 38.2 Å². The van der Waals surface area contributed by atoms with E-state index in [1.165, 1.54) is 0 Å². The van der Waals surface area contributed by atoms with E-state index >= 15 is 0 Å². The Morgan fingerprint density at radius 2 is 1.84 bits per heavy atom. The number of epoxide rings is 1. The Bertz CT molecular complexity index is 628. The van der Waals surface area contributed by atoms with E-state index in [0.717, 1.165) is 22.9 Å². The molecule has 5 nitrogen and oxygen atoms in total. The van der Waals surface area contributed by atoms with Crippen LogP contribution in [0, 0.1) is 0 Å². The lowest BCUT2D eigenvalue weighted by atomic mass is 9.93. The van der Waals surface area contributed by atoms with Gasteiger partial charge in [0.2, 0.25) is 0 Å². The summed E-state index contributed by atoms with van der Waals surface area (Å²) < 4.78 is 12.8. The summed E-state index contributed by atoms with van der Waals surface area (Å²) in [6, 6.07) is 10.7. The van der Waals surface area contributed by atoms with E-state index in [1.54, 1.807) is 0 Å². The van der Waals surface area contributed by atoms with E-state index in [9.17, 15) is 9.90 Å². The van der Waals surface area contributed by atoms with Gasteiger partial charge in [-0.3, -0.25) is 4.79 Å². The molecule has 136 valence electrons. The number of hydrogen-bond acceptors (Lipinski definition) is 4. The molecule has 1 aromatic rings. The molecule has 2 bridgehead atoms. The van der Waals surface area contributed by atoms with Crippen LogP contribution in [0.15, 0.2) is 30.3 Å². The average molecular weight is 346 g/mol. The minimum atomic E-state index is -0.600. The Balaban J connectivity index is 1.46. The first kappa shape index (κ1) is 17.0. The van der Waals surface area contributed by atoms with Crippen LogP contribution in [-0.2, 0) is 14.3 Å². The molecule has 0 amide bonds. The smallest absolute Gasteiger partial charge is 0.316 e. The van der Waals surface area contributed by atoms with Crippen LogP contribution in [0.5, 0.6) is 0 Å². The maximum atomic E-state index is 12.6. The van der Waals surface area contributed by atoms with Crippen molar-refractivity contribution < 1.29 is 23.9 Å². The van der Waals surface area contributed by atoms with Gasteiger partial charge in [-0.15, -0.1) is 0 Å². The number of carbonyl (C=O) groups excluding carboxylic acids is 1. The van der Waals surface area contributed by atoms with Gasteiger partial charge in [0.1, 0.15) is 36.3 Å². The van der Waals surface area contributed by atoms with Gasteiger partial charge >= 0.3 is 5.97 Å². The number of esters is 1. The highest BCUT2D eigenvalue weighted by Crippen LogP contribution is 2.53. The number of aliphatic hydroxyl groups is 1. The normalized spacial score (nSPS) is 39.8. The standard InChI is InChI=1S/C20H28NO4/c1-12(2)21(3)16-9-14(10-17(21)19-18(16)25-19)24-20(23)15(11-22)13-7-5-4-6-8-13/h4-8,12,14-19,22H,9-11H2,1-3H3/q+1. The SMILES string of the molecule is CC(C)[N+]1(C)C2CC(OC(=O)C(CO)c3ccccc3)CC1C1OC12. The quantitative estimate of drug-likeness (QED) is 0.502. The maximum Gasteiger partial charge on any atom is 0.316 e. The number of morpholine rings is 1. The third-order valence-electron chi connectivity index (χ3n) is 6.82. The molecule has 0 spiro atoms. The van der Waals surface area contributed by atoms with Crippen LogP contribution in [0.2, 0.25) is 0 Å². The predicted molar refractivity (Wildman–Crippen MR) is 92.9 cm³/mol. The minimum absolute atomic E-state index is 0.0680. The van der Waals surface area contributed by atoms with Crippen molar-refractivity contribution in [3.05, 3.63) is 35.9 Å². The van der Waals surface area contributed by atoms with Crippen molar-refractivity contribution >= 4 is 5.97 Å². The van der Waals surface area contributed by atoms with Gasteiger partial charge in [0, 0.05) is 12.8 Å². The molecule has 1 aromatic carbocycles. The molecule has 3 aliphatic rings. The van der Waals surface area contributed by atoms with Crippen LogP contribution in [-0.4, -0.2) is 65.7 Å². The Morgan fingerprint density at radius 1 is 1.24 bits per heavy atom. The topological polar surface area (TPSA) is 59.1 Å². The second-order valence-corrected chi connectivity index (χ2v) is 8.19. The summed E-state index contributed by atoms with van der Waals surface area (Å²) in [5.41, 5.74) is 0.808. The molecule has 3 heterocycles. The number of quaternary nitrogens is 1. The van der Waals surface area contributed by atoms with Crippen LogP contribution in [0.3, 0.4) is 0 Å². The minimum Gasteiger partial charge on any atom is -0.461 e. The van der Waals surface area contributed by atoms with E-state index in [-0.39, 0.29) is 18.7 Å². The van der Waals surface area contributed by atoms with Crippen molar-refractivity contribution in [1.29, 1.82) is 0 Å². The molecular formula is C20H28NO4+. The van der Waals surface area contributed by atoms with E-state index in [2.05, 4.69) is 20.9 Å². The molecule has 3 saturated heterocycles. The number of rotatable bonds is 5. The molecule has 4 rings (SSSR count). The number of benzene rings is 1. The summed E-state index contributed by atoms with van der Waals surface area (Å²) in [4.78, 5) is 12.6. The van der Waals surface area contributed by atoms with Crippen molar-refractivity contribution in [2.45, 2.75) is 69.0 Å². The number of hydrogen-bond donors (Lipinski definition) is 1. The van der Waals surface area contributed by atoms with Crippen molar-refractivity contribution in [3.63, 3.8) is 0 Å². The first-order valence-electron chi connectivity index (χ1n) is 9.34. The van der Waals surface area contributed by atoms with Crippen LogP contribution in [0.4, 0.5) is 0 Å². The van der Waals surface area contributed by atoms with Crippen molar-refractivity contribution in [3.8, 4) is 0 Å². The monoisotopic (exact) mass is 346 g/mol. The van der Waals surface area contributed by atoms with E-state index in [1.807, 2.05) is 30.3 Å². The maximum absolute atomic E-state index is 12.6. The van der Waals surface area contributed by atoms with E-state index in [0.29, 0.717) is 30.3 Å². The summed E-state index contributed by atoms with van der Waals surface area (Å²) in [6.45, 7) is 4.32. The number of piperidine rings is 1. The molecule has 0 aromatic heterocycles. The van der Waals surface area contributed by atoms with E-state index in [4.69, 9.17) is 9.47 Å². The van der Waals surface area contributed by atoms with Crippen molar-refractivity contribution in [1.82, 2.24) is 0 Å². The zero-order valence-corrected chi connectivity index (χ0v) is 15.2. The molecule has 3 fully saturated rings. The third-order valence-corrected chi connectivity index (χ3v) is 6.82. The van der Waals surface area contributed by atoms with Crippen molar-refractivity contribution in [2.24, 2.45) is 0 Å². The highest BCUT2D eigenvalue weighted by atomic mass is 16.6.